The van der Waals surface area contributed by atoms with Gasteiger partial charge in [-0.2, -0.15) is 5.10 Å². The highest BCUT2D eigenvalue weighted by Gasteiger charge is 2.32. The number of furan rings is 1. The van der Waals surface area contributed by atoms with E-state index < -0.39 is 5.54 Å². The zero-order valence-corrected chi connectivity index (χ0v) is 16.1. The summed E-state index contributed by atoms with van der Waals surface area (Å²) in [5.74, 6) is 1.03. The molecule has 0 aliphatic heterocycles. The molecule has 0 bridgehead atoms. The SMILES string of the molecule is COc1ccc(CCNC(=O)C(C)(C)n2nc(-c3ccco3)ccc2=O)cc1. The summed E-state index contributed by atoms with van der Waals surface area (Å²) in [6.07, 6.45) is 2.20. The first-order valence-electron chi connectivity index (χ1n) is 8.98. The van der Waals surface area contributed by atoms with Gasteiger partial charge in [-0.05, 0) is 56.2 Å². The third-order valence-electron chi connectivity index (χ3n) is 4.52. The minimum Gasteiger partial charge on any atom is -0.497 e. The summed E-state index contributed by atoms with van der Waals surface area (Å²) in [4.78, 5) is 25.1. The zero-order chi connectivity index (χ0) is 20.1. The fourth-order valence-corrected chi connectivity index (χ4v) is 2.79. The molecule has 0 fully saturated rings. The normalized spacial score (nSPS) is 11.2. The first kappa shape index (κ1) is 19.4. The molecule has 3 aromatic rings. The van der Waals surface area contributed by atoms with E-state index in [4.69, 9.17) is 9.15 Å². The van der Waals surface area contributed by atoms with Gasteiger partial charge in [0, 0.05) is 12.6 Å². The maximum atomic E-state index is 12.8. The number of carbonyl (C=O) groups excluding carboxylic acids is 1. The van der Waals surface area contributed by atoms with E-state index in [1.165, 1.54) is 17.0 Å². The van der Waals surface area contributed by atoms with Gasteiger partial charge in [-0.15, -0.1) is 0 Å². The molecule has 0 aliphatic carbocycles. The van der Waals surface area contributed by atoms with Crippen LogP contribution in [0.4, 0.5) is 0 Å². The summed E-state index contributed by atoms with van der Waals surface area (Å²) in [6.45, 7) is 3.77. The van der Waals surface area contributed by atoms with Crippen molar-refractivity contribution < 1.29 is 13.9 Å². The average Bonchev–Trinajstić information content (AvgIpc) is 3.23. The standard InChI is InChI=1S/C21H23N3O4/c1-21(2,20(26)22-13-12-15-6-8-16(27-3)9-7-15)24-19(25)11-10-17(23-24)18-5-4-14-28-18/h4-11,14H,12-13H2,1-3H3,(H,22,26). The van der Waals surface area contributed by atoms with Gasteiger partial charge < -0.3 is 14.5 Å². The van der Waals surface area contributed by atoms with Crippen molar-refractivity contribution in [3.8, 4) is 17.2 Å². The molecular formula is C21H23N3O4. The first-order chi connectivity index (χ1) is 13.4. The van der Waals surface area contributed by atoms with E-state index in [-0.39, 0.29) is 11.5 Å². The molecule has 0 saturated carbocycles. The Morgan fingerprint density at radius 3 is 2.57 bits per heavy atom. The molecule has 0 unspecified atom stereocenters. The van der Waals surface area contributed by atoms with Crippen molar-refractivity contribution in [2.75, 3.05) is 13.7 Å². The summed E-state index contributed by atoms with van der Waals surface area (Å²) in [6, 6.07) is 14.1. The van der Waals surface area contributed by atoms with Crippen LogP contribution in [0.1, 0.15) is 19.4 Å². The quantitative estimate of drug-likeness (QED) is 0.680. The molecule has 0 aliphatic rings. The second-order valence-electron chi connectivity index (χ2n) is 6.86. The Balaban J connectivity index is 1.70. The third kappa shape index (κ3) is 4.14. The van der Waals surface area contributed by atoms with Gasteiger partial charge in [0.1, 0.15) is 17.0 Å². The van der Waals surface area contributed by atoms with Crippen molar-refractivity contribution in [2.45, 2.75) is 25.8 Å². The fraction of sp³-hybridized carbons (Fsp3) is 0.286. The molecule has 7 heteroatoms. The van der Waals surface area contributed by atoms with Crippen LogP contribution in [0, 0.1) is 0 Å². The van der Waals surface area contributed by atoms with E-state index in [9.17, 15) is 9.59 Å². The lowest BCUT2D eigenvalue weighted by atomic mass is 10.0. The van der Waals surface area contributed by atoms with Crippen LogP contribution < -0.4 is 15.6 Å². The Kier molecular flexibility index (Phi) is 5.63. The second-order valence-corrected chi connectivity index (χ2v) is 6.86. The Bertz CT molecular complexity index is 989. The number of benzene rings is 1. The molecule has 0 atom stereocenters. The lowest BCUT2D eigenvalue weighted by molar-refractivity contribution is -0.128. The highest BCUT2D eigenvalue weighted by Crippen LogP contribution is 2.18. The molecule has 0 spiro atoms. The number of methoxy groups -OCH3 is 1. The van der Waals surface area contributed by atoms with Gasteiger partial charge in [-0.25, -0.2) is 4.68 Å². The van der Waals surface area contributed by atoms with Crippen LogP contribution in [-0.4, -0.2) is 29.3 Å². The van der Waals surface area contributed by atoms with Crippen molar-refractivity contribution >= 4 is 5.91 Å². The monoisotopic (exact) mass is 381 g/mol. The Morgan fingerprint density at radius 1 is 1.18 bits per heavy atom. The molecule has 28 heavy (non-hydrogen) atoms. The molecule has 1 amide bonds. The van der Waals surface area contributed by atoms with Crippen LogP contribution in [0.25, 0.3) is 11.5 Å². The van der Waals surface area contributed by atoms with Crippen LogP contribution in [0.15, 0.2) is 64.0 Å². The Morgan fingerprint density at radius 2 is 1.93 bits per heavy atom. The molecule has 146 valence electrons. The number of carbonyl (C=O) groups is 1. The number of aromatic nitrogens is 2. The molecule has 2 aromatic heterocycles. The van der Waals surface area contributed by atoms with Crippen LogP contribution in [-0.2, 0) is 16.8 Å². The molecule has 1 aromatic carbocycles. The third-order valence-corrected chi connectivity index (χ3v) is 4.52. The minimum atomic E-state index is -1.15. The van der Waals surface area contributed by atoms with Gasteiger partial charge in [0.15, 0.2) is 5.76 Å². The van der Waals surface area contributed by atoms with Gasteiger partial charge >= 0.3 is 0 Å². The molecule has 3 rings (SSSR count). The summed E-state index contributed by atoms with van der Waals surface area (Å²) in [5.41, 5.74) is 0.0582. The number of hydrogen-bond acceptors (Lipinski definition) is 5. The lowest BCUT2D eigenvalue weighted by Gasteiger charge is -2.25. The minimum absolute atomic E-state index is 0.285. The van der Waals surface area contributed by atoms with E-state index in [0.717, 1.165) is 11.3 Å². The molecule has 0 radical (unpaired) electrons. The highest BCUT2D eigenvalue weighted by atomic mass is 16.5. The Labute approximate surface area is 162 Å². The van der Waals surface area contributed by atoms with Crippen LogP contribution in [0.2, 0.25) is 0 Å². The van der Waals surface area contributed by atoms with Crippen molar-refractivity contribution in [3.63, 3.8) is 0 Å². The summed E-state index contributed by atoms with van der Waals surface area (Å²) in [7, 11) is 1.62. The molecular weight excluding hydrogens is 358 g/mol. The number of nitrogens with one attached hydrogen (secondary N) is 1. The molecule has 1 N–H and O–H groups in total. The summed E-state index contributed by atoms with van der Waals surface area (Å²) >= 11 is 0. The lowest BCUT2D eigenvalue weighted by Crippen LogP contribution is -2.50. The van der Waals surface area contributed by atoms with E-state index in [1.54, 1.807) is 39.2 Å². The van der Waals surface area contributed by atoms with Crippen molar-refractivity contribution in [2.24, 2.45) is 0 Å². The van der Waals surface area contributed by atoms with Gasteiger partial charge in [0.2, 0.25) is 5.91 Å². The van der Waals surface area contributed by atoms with E-state index in [0.29, 0.717) is 24.4 Å². The highest BCUT2D eigenvalue weighted by molar-refractivity contribution is 5.83. The molecule has 0 saturated heterocycles. The first-order valence-corrected chi connectivity index (χ1v) is 8.98. The van der Waals surface area contributed by atoms with Gasteiger partial charge in [-0.3, -0.25) is 9.59 Å². The van der Waals surface area contributed by atoms with E-state index in [1.807, 2.05) is 24.3 Å². The number of nitrogens with zero attached hydrogens (tertiary/aromatic N) is 2. The molecule has 2 heterocycles. The number of hydrogen-bond donors (Lipinski definition) is 1. The number of amides is 1. The topological polar surface area (TPSA) is 86.4 Å². The van der Waals surface area contributed by atoms with Crippen molar-refractivity contribution in [1.82, 2.24) is 15.1 Å². The maximum absolute atomic E-state index is 12.8. The summed E-state index contributed by atoms with van der Waals surface area (Å²) in [5, 5.41) is 7.22. The van der Waals surface area contributed by atoms with Gasteiger partial charge in [0.05, 0.1) is 13.4 Å². The van der Waals surface area contributed by atoms with Gasteiger partial charge in [-0.1, -0.05) is 12.1 Å². The van der Waals surface area contributed by atoms with E-state index >= 15 is 0 Å². The predicted octanol–water partition coefficient (Wildman–Crippen LogP) is 2.61. The van der Waals surface area contributed by atoms with Crippen LogP contribution in [0.3, 0.4) is 0 Å². The summed E-state index contributed by atoms with van der Waals surface area (Å²) < 4.78 is 11.7. The molecule has 7 nitrogen and oxygen atoms in total. The zero-order valence-electron chi connectivity index (χ0n) is 16.1. The second kappa shape index (κ2) is 8.12. The average molecular weight is 381 g/mol. The van der Waals surface area contributed by atoms with Gasteiger partial charge in [0.25, 0.3) is 5.56 Å². The van der Waals surface area contributed by atoms with Crippen LogP contribution >= 0.6 is 0 Å². The van der Waals surface area contributed by atoms with Crippen molar-refractivity contribution in [1.29, 1.82) is 0 Å². The number of rotatable bonds is 7. The smallest absolute Gasteiger partial charge is 0.267 e. The van der Waals surface area contributed by atoms with Crippen molar-refractivity contribution in [3.05, 3.63) is 70.7 Å². The number of ether oxygens (including phenoxy) is 1. The Hall–Kier alpha value is -3.35. The maximum Gasteiger partial charge on any atom is 0.267 e. The fourth-order valence-electron chi connectivity index (χ4n) is 2.79. The predicted molar refractivity (Wildman–Crippen MR) is 105 cm³/mol. The van der Waals surface area contributed by atoms with Crippen LogP contribution in [0.5, 0.6) is 5.75 Å². The van der Waals surface area contributed by atoms with E-state index in [2.05, 4.69) is 10.4 Å². The largest absolute Gasteiger partial charge is 0.497 e.